The lowest BCUT2D eigenvalue weighted by Crippen LogP contribution is -2.54. The number of rotatable bonds is 17. The van der Waals surface area contributed by atoms with Crippen molar-refractivity contribution in [3.05, 3.63) is 42.0 Å². The van der Waals surface area contributed by atoms with Crippen molar-refractivity contribution in [2.45, 2.75) is 71.1 Å². The Bertz CT molecular complexity index is 1180. The van der Waals surface area contributed by atoms with Gasteiger partial charge in [0.1, 0.15) is 18.7 Å². The Balaban J connectivity index is 1.91. The third-order valence-electron chi connectivity index (χ3n) is 6.32. The number of carbonyl (C=O) groups is 7. The summed E-state index contributed by atoms with van der Waals surface area (Å²) in [6.45, 7) is 3.70. The van der Waals surface area contributed by atoms with Gasteiger partial charge in [0.25, 0.3) is 11.8 Å². The van der Waals surface area contributed by atoms with Crippen molar-refractivity contribution < 1.29 is 43.4 Å². The zero-order chi connectivity index (χ0) is 31.2. The molecule has 0 fully saturated rings. The molecular formula is C28H36N4O9S. The number of imide groups is 1. The molecule has 14 heteroatoms. The monoisotopic (exact) mass is 604 g/mol. The highest BCUT2D eigenvalue weighted by Gasteiger charge is 2.29. The summed E-state index contributed by atoms with van der Waals surface area (Å²) >= 11 is 3.52. The fourth-order valence-corrected chi connectivity index (χ4v) is 4.09. The number of thiol groups is 1. The van der Waals surface area contributed by atoms with Crippen molar-refractivity contribution in [3.8, 4) is 0 Å². The van der Waals surface area contributed by atoms with Crippen molar-refractivity contribution in [1.29, 1.82) is 0 Å². The Morgan fingerprint density at radius 3 is 2.12 bits per heavy atom. The van der Waals surface area contributed by atoms with Crippen LogP contribution < -0.4 is 16.0 Å². The fourth-order valence-electron chi connectivity index (χ4n) is 4.02. The number of hydrogen-bond acceptors (Lipinski definition) is 8. The Labute approximate surface area is 248 Å². The van der Waals surface area contributed by atoms with E-state index < -0.39 is 35.2 Å². The van der Waals surface area contributed by atoms with Crippen molar-refractivity contribution in [1.82, 2.24) is 15.5 Å². The molecule has 0 spiro atoms. The van der Waals surface area contributed by atoms with E-state index in [1.54, 1.807) is 38.1 Å². The molecule has 0 radical (unpaired) electrons. The smallest absolute Gasteiger partial charge is 0.364 e. The van der Waals surface area contributed by atoms with E-state index >= 15 is 0 Å². The van der Waals surface area contributed by atoms with Crippen LogP contribution in [-0.4, -0.2) is 69.4 Å². The van der Waals surface area contributed by atoms with Gasteiger partial charge in [-0.05, 0) is 42.9 Å². The zero-order valence-electron chi connectivity index (χ0n) is 23.5. The molecule has 0 unspecified atom stereocenters. The van der Waals surface area contributed by atoms with Gasteiger partial charge in [-0.2, -0.15) is 0 Å². The molecule has 1 aliphatic rings. The first-order valence-electron chi connectivity index (χ1n) is 13.5. The maximum atomic E-state index is 13.1. The van der Waals surface area contributed by atoms with Crippen LogP contribution in [0.1, 0.15) is 57.9 Å². The number of amides is 5. The molecule has 5 amide bonds. The summed E-state index contributed by atoms with van der Waals surface area (Å²) in [5.74, 6) is -3.85. The van der Waals surface area contributed by atoms with Gasteiger partial charge >= 0.3 is 11.3 Å². The van der Waals surface area contributed by atoms with Gasteiger partial charge in [-0.25, -0.2) is 4.79 Å². The van der Waals surface area contributed by atoms with E-state index in [0.29, 0.717) is 30.5 Å². The van der Waals surface area contributed by atoms with Crippen LogP contribution in [0.5, 0.6) is 0 Å². The van der Waals surface area contributed by atoms with Gasteiger partial charge in [-0.1, -0.05) is 45.0 Å². The van der Waals surface area contributed by atoms with E-state index in [1.807, 2.05) is 0 Å². The minimum atomic E-state index is -1.19. The first-order valence-corrected chi connectivity index (χ1v) is 13.9. The standard InChI is InChI=1S/C28H36N4O9S/c1-17(2)25(31-21(33)6-4-3-5-15-32-22(34)12-13-23(32)35)27(39)30-20(11-14-24(36)37)26(38)29-19-9-7-18(8-10-19)16-41-28(40)42/h7-10,12-13,17,20,25H,3-6,11,14-16H2,1-2H3,(H,29,38)(H,30,39)(H,31,33)(H,36,37)(H,40,42)/t20-,25-/m0/s1. The minimum absolute atomic E-state index is 0.00546. The van der Waals surface area contributed by atoms with Gasteiger partial charge < -0.3 is 25.8 Å². The molecule has 42 heavy (non-hydrogen) atoms. The molecular weight excluding hydrogens is 568 g/mol. The number of nitrogens with zero attached hydrogens (tertiary/aromatic N) is 1. The summed E-state index contributed by atoms with van der Waals surface area (Å²) in [5.41, 5.74) is 1.02. The van der Waals surface area contributed by atoms with E-state index in [2.05, 4.69) is 28.6 Å². The Morgan fingerprint density at radius 1 is 0.905 bits per heavy atom. The second kappa shape index (κ2) is 16.9. The van der Waals surface area contributed by atoms with Gasteiger partial charge in [0.15, 0.2) is 0 Å². The molecule has 0 aromatic heterocycles. The maximum absolute atomic E-state index is 13.1. The number of nitrogens with one attached hydrogen (secondary N) is 3. The highest BCUT2D eigenvalue weighted by atomic mass is 32.1. The van der Waals surface area contributed by atoms with E-state index in [0.717, 1.165) is 4.90 Å². The molecule has 2 rings (SSSR count). The number of aliphatic carboxylic acids is 1. The summed E-state index contributed by atoms with van der Waals surface area (Å²) in [6.07, 6.45) is 3.58. The van der Waals surface area contributed by atoms with Crippen molar-refractivity contribution >= 4 is 59.1 Å². The molecule has 13 nitrogen and oxygen atoms in total. The average Bonchev–Trinajstić information content (AvgIpc) is 3.25. The van der Waals surface area contributed by atoms with Crippen LogP contribution in [0.15, 0.2) is 36.4 Å². The molecule has 4 N–H and O–H groups in total. The van der Waals surface area contributed by atoms with Crippen LogP contribution in [-0.2, 0) is 40.1 Å². The highest BCUT2D eigenvalue weighted by molar-refractivity contribution is 7.96. The third-order valence-corrected chi connectivity index (χ3v) is 6.44. The largest absolute Gasteiger partial charge is 0.481 e. The minimum Gasteiger partial charge on any atom is -0.481 e. The zero-order valence-corrected chi connectivity index (χ0v) is 24.4. The van der Waals surface area contributed by atoms with Gasteiger partial charge in [0, 0.05) is 37.2 Å². The van der Waals surface area contributed by atoms with Crippen molar-refractivity contribution in [2.24, 2.45) is 5.92 Å². The van der Waals surface area contributed by atoms with Crippen LogP contribution in [0.2, 0.25) is 0 Å². The first-order chi connectivity index (χ1) is 19.9. The van der Waals surface area contributed by atoms with Gasteiger partial charge in [-0.3, -0.25) is 33.7 Å². The van der Waals surface area contributed by atoms with Gasteiger partial charge in [0.2, 0.25) is 17.7 Å². The molecule has 0 saturated heterocycles. The van der Waals surface area contributed by atoms with Crippen LogP contribution in [0.25, 0.3) is 0 Å². The molecule has 2 atom stereocenters. The number of anilines is 1. The number of ether oxygens (including phenoxy) is 1. The lowest BCUT2D eigenvalue weighted by molar-refractivity contribution is -0.138. The molecule has 0 bridgehead atoms. The van der Waals surface area contributed by atoms with Crippen LogP contribution in [0.4, 0.5) is 10.5 Å². The van der Waals surface area contributed by atoms with Gasteiger partial charge in [-0.15, -0.1) is 0 Å². The van der Waals surface area contributed by atoms with Gasteiger partial charge in [0.05, 0.1) is 0 Å². The number of hydrogen-bond donors (Lipinski definition) is 5. The summed E-state index contributed by atoms with van der Waals surface area (Å²) in [4.78, 5) is 85.0. The van der Waals surface area contributed by atoms with Crippen LogP contribution in [0, 0.1) is 5.92 Å². The fraction of sp³-hybridized carbons (Fsp3) is 0.464. The molecule has 1 heterocycles. The summed E-state index contributed by atoms with van der Waals surface area (Å²) < 4.78 is 4.79. The van der Waals surface area contributed by atoms with E-state index in [1.165, 1.54) is 12.2 Å². The summed E-state index contributed by atoms with van der Waals surface area (Å²) in [7, 11) is 0. The van der Waals surface area contributed by atoms with Crippen molar-refractivity contribution in [2.75, 3.05) is 11.9 Å². The third kappa shape index (κ3) is 11.7. The van der Waals surface area contributed by atoms with Crippen LogP contribution >= 0.6 is 12.6 Å². The van der Waals surface area contributed by atoms with Crippen LogP contribution in [0.3, 0.4) is 0 Å². The highest BCUT2D eigenvalue weighted by Crippen LogP contribution is 2.13. The molecule has 1 aromatic rings. The quantitative estimate of drug-likeness (QED) is 0.0768. The summed E-state index contributed by atoms with van der Waals surface area (Å²) in [5, 5.41) is 16.3. The Kier molecular flexibility index (Phi) is 13.7. The van der Waals surface area contributed by atoms with Crippen molar-refractivity contribution in [3.63, 3.8) is 0 Å². The number of carbonyl (C=O) groups excluding carboxylic acids is 6. The lowest BCUT2D eigenvalue weighted by Gasteiger charge is -2.25. The second-order valence-electron chi connectivity index (χ2n) is 10.00. The topological polar surface area (TPSA) is 188 Å². The molecule has 228 valence electrons. The van der Waals surface area contributed by atoms with E-state index in [9.17, 15) is 33.6 Å². The molecule has 1 aliphatic heterocycles. The average molecular weight is 605 g/mol. The molecule has 0 aliphatic carbocycles. The van der Waals surface area contributed by atoms with E-state index in [-0.39, 0.29) is 56.1 Å². The number of carboxylic acid groups (broad SMARTS) is 1. The molecule has 1 aromatic carbocycles. The first kappa shape index (κ1) is 34.0. The summed E-state index contributed by atoms with van der Waals surface area (Å²) in [6, 6.07) is 4.18. The predicted molar refractivity (Wildman–Crippen MR) is 154 cm³/mol. The second-order valence-corrected chi connectivity index (χ2v) is 10.4. The van der Waals surface area contributed by atoms with E-state index in [4.69, 9.17) is 9.84 Å². The normalized spacial score (nSPS) is 14.0. The maximum Gasteiger partial charge on any atom is 0.364 e. The number of unbranched alkanes of at least 4 members (excludes halogenated alkanes) is 2. The molecule has 0 saturated carbocycles. The number of benzene rings is 1. The Hall–Kier alpha value is -4.20. The SMILES string of the molecule is CC(C)[C@H](NC(=O)CCCCCN1C(=O)C=CC1=O)C(=O)N[C@@H](CCC(=O)O)C(=O)Nc1ccc(COC(=O)S)cc1. The number of carboxylic acids is 1. The Morgan fingerprint density at radius 2 is 1.55 bits per heavy atom. The predicted octanol–water partition coefficient (Wildman–Crippen LogP) is 2.17. The lowest BCUT2D eigenvalue weighted by atomic mass is 10.0.